The molecule has 2 aromatic heterocycles. The number of rotatable bonds is 1. The highest BCUT2D eigenvalue weighted by Gasteiger charge is 2.11. The predicted octanol–water partition coefficient (Wildman–Crippen LogP) is 4.26. The van der Waals surface area contributed by atoms with Crippen LogP contribution in [0.25, 0.3) is 22.3 Å². The van der Waals surface area contributed by atoms with Crippen molar-refractivity contribution in [1.29, 1.82) is 0 Å². The molecular formula is C14H9ClIN3. The van der Waals surface area contributed by atoms with Gasteiger partial charge < -0.3 is 0 Å². The molecule has 0 aliphatic heterocycles. The van der Waals surface area contributed by atoms with Crippen LogP contribution >= 0.6 is 34.2 Å². The van der Waals surface area contributed by atoms with Crippen LogP contribution < -0.4 is 0 Å². The van der Waals surface area contributed by atoms with E-state index in [1.165, 1.54) is 0 Å². The molecule has 0 spiro atoms. The highest BCUT2D eigenvalue weighted by atomic mass is 127. The third kappa shape index (κ3) is 2.30. The van der Waals surface area contributed by atoms with E-state index in [1.54, 1.807) is 6.20 Å². The normalized spacial score (nSPS) is 10.9. The lowest BCUT2D eigenvalue weighted by Crippen LogP contribution is -1.97. The summed E-state index contributed by atoms with van der Waals surface area (Å²) < 4.78 is 0.890. The molecule has 0 unspecified atom stereocenters. The van der Waals surface area contributed by atoms with Gasteiger partial charge in [0.05, 0.1) is 14.8 Å². The molecule has 0 aliphatic rings. The van der Waals surface area contributed by atoms with Crippen molar-refractivity contribution in [2.75, 3.05) is 0 Å². The molecule has 0 atom stereocenters. The van der Waals surface area contributed by atoms with Crippen molar-refractivity contribution in [2.24, 2.45) is 0 Å². The third-order valence-corrected chi connectivity index (χ3v) is 4.75. The minimum atomic E-state index is 0.490. The van der Waals surface area contributed by atoms with Gasteiger partial charge in [-0.1, -0.05) is 29.8 Å². The summed E-state index contributed by atoms with van der Waals surface area (Å²) in [6, 6.07) is 9.85. The lowest BCUT2D eigenvalue weighted by molar-refractivity contribution is 1.09. The predicted molar refractivity (Wildman–Crippen MR) is 85.2 cm³/mol. The zero-order chi connectivity index (χ0) is 13.4. The van der Waals surface area contributed by atoms with Crippen LogP contribution in [0.3, 0.4) is 0 Å². The van der Waals surface area contributed by atoms with Gasteiger partial charge in [-0.05, 0) is 41.6 Å². The number of hydrogen-bond donors (Lipinski definition) is 0. The van der Waals surface area contributed by atoms with E-state index < -0.39 is 0 Å². The van der Waals surface area contributed by atoms with E-state index in [-0.39, 0.29) is 0 Å². The lowest BCUT2D eigenvalue weighted by atomic mass is 10.1. The van der Waals surface area contributed by atoms with Gasteiger partial charge in [-0.2, -0.15) is 0 Å². The van der Waals surface area contributed by atoms with Crippen LogP contribution in [0, 0.1) is 10.5 Å². The monoisotopic (exact) mass is 381 g/mol. The van der Waals surface area contributed by atoms with Crippen molar-refractivity contribution in [3.05, 3.63) is 50.9 Å². The number of nitrogens with zero attached hydrogens (tertiary/aromatic N) is 3. The summed E-state index contributed by atoms with van der Waals surface area (Å²) in [5.74, 6) is 0.640. The summed E-state index contributed by atoms with van der Waals surface area (Å²) in [4.78, 5) is 13.2. The SMILES string of the molecule is Cc1nc(-c2ccnc3ccccc23)nc(Cl)c1I. The van der Waals surface area contributed by atoms with Crippen LogP contribution in [0.4, 0.5) is 0 Å². The molecule has 0 radical (unpaired) electrons. The maximum absolute atomic E-state index is 6.15. The van der Waals surface area contributed by atoms with Crippen LogP contribution in [0.15, 0.2) is 36.5 Å². The number of benzene rings is 1. The van der Waals surface area contributed by atoms with E-state index >= 15 is 0 Å². The van der Waals surface area contributed by atoms with Crippen LogP contribution in [0.2, 0.25) is 5.15 Å². The first kappa shape index (κ1) is 12.7. The van der Waals surface area contributed by atoms with E-state index in [0.29, 0.717) is 11.0 Å². The molecule has 3 rings (SSSR count). The first-order valence-corrected chi connectivity index (χ1v) is 7.16. The van der Waals surface area contributed by atoms with E-state index in [2.05, 4.69) is 37.5 Å². The first-order valence-electron chi connectivity index (χ1n) is 5.70. The summed E-state index contributed by atoms with van der Waals surface area (Å²) in [6.45, 7) is 1.93. The molecule has 3 aromatic rings. The molecule has 0 aliphatic carbocycles. The number of aryl methyl sites for hydroxylation is 1. The van der Waals surface area contributed by atoms with Crippen molar-refractivity contribution >= 4 is 45.1 Å². The van der Waals surface area contributed by atoms with Crippen LogP contribution in [0.5, 0.6) is 0 Å². The standard InChI is InChI=1S/C14H9ClIN3/c1-8-12(16)13(15)19-14(18-8)10-6-7-17-11-5-3-2-4-9(10)11/h2-7H,1H3. The second-order valence-corrected chi connectivity index (χ2v) is 5.55. The lowest BCUT2D eigenvalue weighted by Gasteiger charge is -2.07. The van der Waals surface area contributed by atoms with Gasteiger partial charge in [-0.25, -0.2) is 9.97 Å². The van der Waals surface area contributed by atoms with Gasteiger partial charge in [0.2, 0.25) is 0 Å². The summed E-state index contributed by atoms with van der Waals surface area (Å²) in [5, 5.41) is 1.52. The third-order valence-electron chi connectivity index (χ3n) is 2.87. The fourth-order valence-electron chi connectivity index (χ4n) is 1.94. The number of halogens is 2. The van der Waals surface area contributed by atoms with Gasteiger partial charge in [-0.3, -0.25) is 4.98 Å². The second kappa shape index (κ2) is 5.02. The average molecular weight is 382 g/mol. The molecule has 94 valence electrons. The maximum Gasteiger partial charge on any atom is 0.161 e. The molecule has 0 N–H and O–H groups in total. The number of fused-ring (bicyclic) bond motifs is 1. The number of pyridine rings is 1. The Morgan fingerprint density at radius 2 is 1.89 bits per heavy atom. The molecule has 3 nitrogen and oxygen atoms in total. The zero-order valence-corrected chi connectivity index (χ0v) is 13.0. The van der Waals surface area contributed by atoms with Crippen molar-refractivity contribution in [1.82, 2.24) is 15.0 Å². The second-order valence-electron chi connectivity index (χ2n) is 4.11. The van der Waals surface area contributed by atoms with E-state index in [4.69, 9.17) is 11.6 Å². The summed E-state index contributed by atoms with van der Waals surface area (Å²) in [7, 11) is 0. The first-order chi connectivity index (χ1) is 9.16. The Morgan fingerprint density at radius 1 is 1.11 bits per heavy atom. The number of hydrogen-bond acceptors (Lipinski definition) is 3. The minimum absolute atomic E-state index is 0.490. The molecule has 2 heterocycles. The topological polar surface area (TPSA) is 38.7 Å². The molecular weight excluding hydrogens is 373 g/mol. The molecule has 5 heteroatoms. The Bertz CT molecular complexity index is 745. The summed E-state index contributed by atoms with van der Waals surface area (Å²) in [5.41, 5.74) is 2.76. The largest absolute Gasteiger partial charge is 0.256 e. The van der Waals surface area contributed by atoms with Gasteiger partial charge in [0.1, 0.15) is 5.15 Å². The molecule has 0 fully saturated rings. The van der Waals surface area contributed by atoms with E-state index in [1.807, 2.05) is 37.3 Å². The fraction of sp³-hybridized carbons (Fsp3) is 0.0714. The Hall–Kier alpha value is -1.27. The Balaban J connectivity index is 2.31. The van der Waals surface area contributed by atoms with Gasteiger partial charge in [0.25, 0.3) is 0 Å². The molecule has 0 bridgehead atoms. The van der Waals surface area contributed by atoms with Crippen molar-refractivity contribution in [3.63, 3.8) is 0 Å². The van der Waals surface area contributed by atoms with Crippen LogP contribution in [-0.4, -0.2) is 15.0 Å². The number of para-hydroxylation sites is 1. The Morgan fingerprint density at radius 3 is 2.68 bits per heavy atom. The van der Waals surface area contributed by atoms with Gasteiger partial charge in [0, 0.05) is 17.1 Å². The van der Waals surface area contributed by atoms with E-state index in [0.717, 1.165) is 25.7 Å². The van der Waals surface area contributed by atoms with Gasteiger partial charge >= 0.3 is 0 Å². The highest BCUT2D eigenvalue weighted by molar-refractivity contribution is 14.1. The number of aromatic nitrogens is 3. The van der Waals surface area contributed by atoms with Crippen LogP contribution in [-0.2, 0) is 0 Å². The van der Waals surface area contributed by atoms with E-state index in [9.17, 15) is 0 Å². The van der Waals surface area contributed by atoms with Crippen LogP contribution in [0.1, 0.15) is 5.69 Å². The Kier molecular flexibility index (Phi) is 3.36. The molecule has 19 heavy (non-hydrogen) atoms. The van der Waals surface area contributed by atoms with Gasteiger partial charge in [0.15, 0.2) is 5.82 Å². The molecule has 1 aromatic carbocycles. The van der Waals surface area contributed by atoms with Crippen molar-refractivity contribution < 1.29 is 0 Å². The van der Waals surface area contributed by atoms with Gasteiger partial charge in [-0.15, -0.1) is 0 Å². The quantitative estimate of drug-likeness (QED) is 0.467. The smallest absolute Gasteiger partial charge is 0.161 e. The minimum Gasteiger partial charge on any atom is -0.256 e. The maximum atomic E-state index is 6.15. The summed E-state index contributed by atoms with van der Waals surface area (Å²) >= 11 is 8.30. The summed E-state index contributed by atoms with van der Waals surface area (Å²) in [6.07, 6.45) is 1.77. The van der Waals surface area contributed by atoms with Crippen molar-refractivity contribution in [2.45, 2.75) is 6.92 Å². The Labute approximate surface area is 129 Å². The highest BCUT2D eigenvalue weighted by Crippen LogP contribution is 2.27. The molecule has 0 saturated heterocycles. The molecule has 0 saturated carbocycles. The average Bonchev–Trinajstić information content (AvgIpc) is 2.43. The fourth-order valence-corrected chi connectivity index (χ4v) is 2.39. The molecule has 0 amide bonds. The zero-order valence-electron chi connectivity index (χ0n) is 10.1. The van der Waals surface area contributed by atoms with Crippen molar-refractivity contribution in [3.8, 4) is 11.4 Å².